The molecule has 0 aromatic heterocycles. The second-order valence-electron chi connectivity index (χ2n) is 3.49. The summed E-state index contributed by atoms with van der Waals surface area (Å²) in [4.78, 5) is 22.7. The third-order valence-corrected chi connectivity index (χ3v) is 1.79. The number of esters is 2. The molecule has 5 nitrogen and oxygen atoms in total. The van der Waals surface area contributed by atoms with Crippen molar-refractivity contribution < 1.29 is 37.3 Å². The number of halogens is 3. The zero-order chi connectivity index (χ0) is 15.1. The number of aliphatic hydroxyl groups excluding tert-OH is 1. The number of carbonyl (C=O) groups excluding carboxylic acids is 2. The summed E-state index contributed by atoms with van der Waals surface area (Å²) in [5.41, 5.74) is -1.53. The zero-order valence-electron chi connectivity index (χ0n) is 10.5. The van der Waals surface area contributed by atoms with Crippen LogP contribution in [0.3, 0.4) is 0 Å². The maximum Gasteiger partial charge on any atom is 0.449 e. The van der Waals surface area contributed by atoms with Gasteiger partial charge in [0.15, 0.2) is 5.57 Å². The first-order valence-corrected chi connectivity index (χ1v) is 5.60. The summed E-state index contributed by atoms with van der Waals surface area (Å²) < 4.78 is 45.8. The molecular weight excluding hydrogens is 269 g/mol. The molecule has 0 aliphatic carbocycles. The van der Waals surface area contributed by atoms with Gasteiger partial charge < -0.3 is 14.6 Å². The van der Waals surface area contributed by atoms with E-state index in [1.54, 1.807) is 13.8 Å². The quantitative estimate of drug-likeness (QED) is 0.266. The first-order chi connectivity index (χ1) is 8.75. The van der Waals surface area contributed by atoms with E-state index in [2.05, 4.69) is 9.47 Å². The minimum absolute atomic E-state index is 0.172. The van der Waals surface area contributed by atoms with Crippen molar-refractivity contribution in [3.05, 3.63) is 11.3 Å². The number of hydrogen-bond acceptors (Lipinski definition) is 5. The van der Waals surface area contributed by atoms with Crippen LogP contribution in [0.4, 0.5) is 13.2 Å². The minimum Gasteiger partial charge on any atom is -0.503 e. The fourth-order valence-corrected chi connectivity index (χ4v) is 0.952. The molecule has 0 atom stereocenters. The van der Waals surface area contributed by atoms with Crippen molar-refractivity contribution in [2.75, 3.05) is 13.2 Å². The van der Waals surface area contributed by atoms with E-state index in [9.17, 15) is 22.8 Å². The van der Waals surface area contributed by atoms with Crippen LogP contribution in [0.1, 0.15) is 26.7 Å². The Bertz CT molecular complexity index is 338. The summed E-state index contributed by atoms with van der Waals surface area (Å²) in [5, 5.41) is 8.94. The fourth-order valence-electron chi connectivity index (χ4n) is 0.952. The molecule has 0 bridgehead atoms. The predicted octanol–water partition coefficient (Wildman–Crippen LogP) is 2.27. The highest BCUT2D eigenvalue weighted by molar-refractivity contribution is 6.14. The second kappa shape index (κ2) is 7.65. The number of carbonyl (C=O) groups is 2. The number of allylic oxidation sites excluding steroid dienone is 1. The van der Waals surface area contributed by atoms with Gasteiger partial charge in [-0.2, -0.15) is 13.2 Å². The smallest absolute Gasteiger partial charge is 0.449 e. The number of rotatable bonds is 6. The number of ether oxygens (including phenoxy) is 2. The Labute approximate surface area is 108 Å². The molecule has 0 amide bonds. The molecule has 1 N–H and O–H groups in total. The van der Waals surface area contributed by atoms with Crippen molar-refractivity contribution >= 4 is 11.9 Å². The van der Waals surface area contributed by atoms with E-state index in [0.29, 0.717) is 12.8 Å². The Morgan fingerprint density at radius 1 is 1.00 bits per heavy atom. The molecular formula is C11H15F3O5. The molecule has 0 aliphatic heterocycles. The van der Waals surface area contributed by atoms with Crippen LogP contribution in [0.25, 0.3) is 0 Å². The number of hydrogen-bond donors (Lipinski definition) is 1. The van der Waals surface area contributed by atoms with E-state index in [0.717, 1.165) is 0 Å². The topological polar surface area (TPSA) is 72.8 Å². The largest absolute Gasteiger partial charge is 0.503 e. The Kier molecular flexibility index (Phi) is 6.95. The first-order valence-electron chi connectivity index (χ1n) is 5.60. The molecule has 0 aromatic rings. The normalized spacial score (nSPS) is 10.8. The molecule has 0 aliphatic rings. The molecule has 0 unspecified atom stereocenters. The van der Waals surface area contributed by atoms with Crippen molar-refractivity contribution in [1.29, 1.82) is 0 Å². The van der Waals surface area contributed by atoms with E-state index < -0.39 is 29.4 Å². The average Bonchev–Trinajstić information content (AvgIpc) is 2.32. The fraction of sp³-hybridized carbons (Fsp3) is 0.636. The summed E-state index contributed by atoms with van der Waals surface area (Å²) >= 11 is 0. The Hall–Kier alpha value is -1.73. The highest BCUT2D eigenvalue weighted by Gasteiger charge is 2.42. The lowest BCUT2D eigenvalue weighted by molar-refractivity contribution is -0.152. The van der Waals surface area contributed by atoms with Gasteiger partial charge in [0.05, 0.1) is 13.2 Å². The average molecular weight is 284 g/mol. The first kappa shape index (κ1) is 17.3. The monoisotopic (exact) mass is 284 g/mol. The lowest BCUT2D eigenvalue weighted by Crippen LogP contribution is -2.26. The molecule has 0 radical (unpaired) electrons. The van der Waals surface area contributed by atoms with Gasteiger partial charge >= 0.3 is 18.1 Å². The van der Waals surface area contributed by atoms with Gasteiger partial charge in [-0.05, 0) is 12.8 Å². The molecule has 110 valence electrons. The van der Waals surface area contributed by atoms with Gasteiger partial charge in [-0.15, -0.1) is 0 Å². The van der Waals surface area contributed by atoms with Crippen LogP contribution in [-0.4, -0.2) is 36.4 Å². The van der Waals surface area contributed by atoms with E-state index in [4.69, 9.17) is 5.11 Å². The SMILES string of the molecule is CCCOC(=O)C(C(=O)OCCC)=C(O)C(F)(F)F. The standard InChI is InChI=1S/C11H15F3O5/c1-3-5-18-9(16)7(8(15)11(12,13)14)10(17)19-6-4-2/h15H,3-6H2,1-2H3. The van der Waals surface area contributed by atoms with Crippen molar-refractivity contribution in [2.24, 2.45) is 0 Å². The third kappa shape index (κ3) is 5.62. The summed E-state index contributed by atoms with van der Waals surface area (Å²) in [6, 6.07) is 0. The van der Waals surface area contributed by atoms with Gasteiger partial charge in [0.2, 0.25) is 5.76 Å². The van der Waals surface area contributed by atoms with Crippen LogP contribution < -0.4 is 0 Å². The van der Waals surface area contributed by atoms with E-state index in [1.807, 2.05) is 0 Å². The summed E-state index contributed by atoms with van der Waals surface area (Å²) in [6.07, 6.45) is -4.52. The van der Waals surface area contributed by atoms with Gasteiger partial charge in [-0.25, -0.2) is 9.59 Å². The van der Waals surface area contributed by atoms with E-state index in [1.165, 1.54) is 0 Å². The second-order valence-corrected chi connectivity index (χ2v) is 3.49. The molecule has 0 fully saturated rings. The van der Waals surface area contributed by atoms with E-state index in [-0.39, 0.29) is 13.2 Å². The molecule has 0 spiro atoms. The van der Waals surface area contributed by atoms with Crippen molar-refractivity contribution in [3.63, 3.8) is 0 Å². The Balaban J connectivity index is 5.26. The summed E-state index contributed by atoms with van der Waals surface area (Å²) in [7, 11) is 0. The highest BCUT2D eigenvalue weighted by Crippen LogP contribution is 2.27. The van der Waals surface area contributed by atoms with Crippen LogP contribution in [0.15, 0.2) is 11.3 Å². The maximum absolute atomic E-state index is 12.3. The Morgan fingerprint density at radius 2 is 1.37 bits per heavy atom. The molecule has 0 saturated heterocycles. The zero-order valence-corrected chi connectivity index (χ0v) is 10.5. The third-order valence-electron chi connectivity index (χ3n) is 1.79. The van der Waals surface area contributed by atoms with Gasteiger partial charge in [0.1, 0.15) is 0 Å². The van der Waals surface area contributed by atoms with Crippen LogP contribution >= 0.6 is 0 Å². The molecule has 0 rings (SSSR count). The molecule has 0 aromatic carbocycles. The van der Waals surface area contributed by atoms with Crippen LogP contribution in [0, 0.1) is 0 Å². The highest BCUT2D eigenvalue weighted by atomic mass is 19.4. The minimum atomic E-state index is -5.23. The molecule has 0 heterocycles. The molecule has 0 saturated carbocycles. The molecule has 19 heavy (non-hydrogen) atoms. The van der Waals surface area contributed by atoms with Crippen molar-refractivity contribution in [1.82, 2.24) is 0 Å². The number of alkyl halides is 3. The van der Waals surface area contributed by atoms with Gasteiger partial charge in [-0.3, -0.25) is 0 Å². The molecule has 8 heteroatoms. The van der Waals surface area contributed by atoms with Crippen LogP contribution in [0.5, 0.6) is 0 Å². The summed E-state index contributed by atoms with van der Waals surface area (Å²) in [6.45, 7) is 2.90. The van der Waals surface area contributed by atoms with Crippen LogP contribution in [-0.2, 0) is 19.1 Å². The van der Waals surface area contributed by atoms with Gasteiger partial charge in [0.25, 0.3) is 0 Å². The van der Waals surface area contributed by atoms with Crippen molar-refractivity contribution in [3.8, 4) is 0 Å². The van der Waals surface area contributed by atoms with Crippen molar-refractivity contribution in [2.45, 2.75) is 32.9 Å². The predicted molar refractivity (Wildman–Crippen MR) is 58.2 cm³/mol. The van der Waals surface area contributed by atoms with E-state index >= 15 is 0 Å². The number of aliphatic hydroxyl groups is 1. The van der Waals surface area contributed by atoms with Crippen LogP contribution in [0.2, 0.25) is 0 Å². The van der Waals surface area contributed by atoms with Gasteiger partial charge in [0, 0.05) is 0 Å². The Morgan fingerprint density at radius 3 is 1.63 bits per heavy atom. The summed E-state index contributed by atoms with van der Waals surface area (Å²) in [5.74, 6) is -5.43. The maximum atomic E-state index is 12.3. The lowest BCUT2D eigenvalue weighted by Gasteiger charge is -2.12. The lowest BCUT2D eigenvalue weighted by atomic mass is 10.2. The van der Waals surface area contributed by atoms with Gasteiger partial charge in [-0.1, -0.05) is 13.8 Å².